The summed E-state index contributed by atoms with van der Waals surface area (Å²) in [7, 11) is 0. The van der Waals surface area contributed by atoms with E-state index in [2.05, 4.69) is 12.2 Å². The fourth-order valence-electron chi connectivity index (χ4n) is 1.34. The highest BCUT2D eigenvalue weighted by Gasteiger charge is 2.21. The summed E-state index contributed by atoms with van der Waals surface area (Å²) in [6.45, 7) is 8.88. The summed E-state index contributed by atoms with van der Waals surface area (Å²) in [6.07, 6.45) is -0.700. The first-order chi connectivity index (χ1) is 9.28. The summed E-state index contributed by atoms with van der Waals surface area (Å²) in [5.74, 6) is -0.611. The standard InChI is InChI=1S/C15H20NO4/c1-11(16-14(18)20-15(2,3)4)13(17)19-10-12-8-6-5-7-9-12/h5-9,11H,1,10H2,2-4H3,(H,16,18)/t11-/m0/s1. The lowest BCUT2D eigenvalue weighted by Crippen LogP contribution is -2.42. The van der Waals surface area contributed by atoms with Crippen LogP contribution in [0.25, 0.3) is 0 Å². The number of rotatable bonds is 4. The van der Waals surface area contributed by atoms with Gasteiger partial charge in [-0.05, 0) is 33.3 Å². The van der Waals surface area contributed by atoms with Gasteiger partial charge >= 0.3 is 12.1 Å². The molecule has 1 radical (unpaired) electrons. The molecule has 20 heavy (non-hydrogen) atoms. The van der Waals surface area contributed by atoms with E-state index >= 15 is 0 Å². The van der Waals surface area contributed by atoms with E-state index in [0.29, 0.717) is 0 Å². The van der Waals surface area contributed by atoms with Gasteiger partial charge < -0.3 is 14.8 Å². The lowest BCUT2D eigenvalue weighted by Gasteiger charge is -2.21. The molecule has 0 saturated carbocycles. The molecular weight excluding hydrogens is 258 g/mol. The predicted octanol–water partition coefficient (Wildman–Crippen LogP) is 2.46. The summed E-state index contributed by atoms with van der Waals surface area (Å²) >= 11 is 0. The van der Waals surface area contributed by atoms with Gasteiger partial charge in [0, 0.05) is 0 Å². The van der Waals surface area contributed by atoms with Gasteiger partial charge in [-0.2, -0.15) is 0 Å². The second-order valence-electron chi connectivity index (χ2n) is 5.29. The average molecular weight is 278 g/mol. The molecule has 0 aliphatic rings. The Hall–Kier alpha value is -2.04. The molecule has 0 aliphatic carbocycles. The van der Waals surface area contributed by atoms with Crippen LogP contribution in [0.5, 0.6) is 0 Å². The molecule has 0 bridgehead atoms. The first-order valence-electron chi connectivity index (χ1n) is 6.31. The number of amides is 1. The highest BCUT2D eigenvalue weighted by molar-refractivity contribution is 5.82. The molecule has 1 rings (SSSR count). The smallest absolute Gasteiger partial charge is 0.408 e. The van der Waals surface area contributed by atoms with Crippen LogP contribution in [-0.4, -0.2) is 23.7 Å². The summed E-state index contributed by atoms with van der Waals surface area (Å²) in [6, 6.07) is 8.25. The maximum Gasteiger partial charge on any atom is 0.408 e. The maximum atomic E-state index is 11.7. The van der Waals surface area contributed by atoms with E-state index in [9.17, 15) is 9.59 Å². The average Bonchev–Trinajstić information content (AvgIpc) is 2.34. The summed E-state index contributed by atoms with van der Waals surface area (Å²) < 4.78 is 10.1. The van der Waals surface area contributed by atoms with Crippen LogP contribution in [0.4, 0.5) is 4.79 Å². The zero-order valence-electron chi connectivity index (χ0n) is 12.0. The van der Waals surface area contributed by atoms with E-state index < -0.39 is 23.7 Å². The third-order valence-electron chi connectivity index (χ3n) is 2.20. The highest BCUT2D eigenvalue weighted by Crippen LogP contribution is 2.07. The van der Waals surface area contributed by atoms with E-state index in [0.717, 1.165) is 5.56 Å². The van der Waals surface area contributed by atoms with Gasteiger partial charge in [-0.3, -0.25) is 0 Å². The van der Waals surface area contributed by atoms with Crippen molar-refractivity contribution in [2.75, 3.05) is 0 Å². The van der Waals surface area contributed by atoms with Crippen molar-refractivity contribution in [3.8, 4) is 0 Å². The van der Waals surface area contributed by atoms with Crippen LogP contribution >= 0.6 is 0 Å². The Balaban J connectivity index is 2.38. The third kappa shape index (κ3) is 6.22. The second kappa shape index (κ2) is 6.93. The number of carbonyl (C=O) groups is 2. The summed E-state index contributed by atoms with van der Waals surface area (Å²) in [5, 5.41) is 2.33. The number of hydrogen-bond donors (Lipinski definition) is 1. The molecule has 0 unspecified atom stereocenters. The van der Waals surface area contributed by atoms with Gasteiger partial charge in [0.1, 0.15) is 18.2 Å². The van der Waals surface area contributed by atoms with Crippen molar-refractivity contribution in [3.63, 3.8) is 0 Å². The van der Waals surface area contributed by atoms with E-state index in [1.807, 2.05) is 30.3 Å². The molecule has 0 heterocycles. The topological polar surface area (TPSA) is 64.6 Å². The molecular formula is C15H20NO4. The number of benzene rings is 1. The van der Waals surface area contributed by atoms with Crippen LogP contribution in [0, 0.1) is 6.92 Å². The van der Waals surface area contributed by atoms with E-state index in [1.54, 1.807) is 20.8 Å². The van der Waals surface area contributed by atoms with Gasteiger partial charge in [-0.15, -0.1) is 0 Å². The SMILES string of the molecule is [CH2][C@H](NC(=O)OC(C)(C)C)C(=O)OCc1ccccc1. The third-order valence-corrected chi connectivity index (χ3v) is 2.20. The molecule has 0 spiro atoms. The fourth-order valence-corrected chi connectivity index (χ4v) is 1.34. The van der Waals surface area contributed by atoms with Gasteiger partial charge in [-0.1, -0.05) is 30.3 Å². The Bertz CT molecular complexity index is 451. The number of alkyl carbamates (subject to hydrolysis) is 1. The Morgan fingerprint density at radius 1 is 1.25 bits per heavy atom. The van der Waals surface area contributed by atoms with Gasteiger partial charge in [-0.25, -0.2) is 9.59 Å². The maximum absolute atomic E-state index is 11.7. The summed E-state index contributed by atoms with van der Waals surface area (Å²) in [5.41, 5.74) is 0.239. The Kier molecular flexibility index (Phi) is 5.55. The minimum Gasteiger partial charge on any atom is -0.459 e. The molecule has 0 aromatic heterocycles. The first kappa shape index (κ1) is 16.0. The number of ether oxygens (including phenoxy) is 2. The van der Waals surface area contributed by atoms with Crippen LogP contribution in [0.15, 0.2) is 30.3 Å². The van der Waals surface area contributed by atoms with Crippen molar-refractivity contribution in [2.24, 2.45) is 0 Å². The molecule has 5 nitrogen and oxygen atoms in total. The zero-order valence-corrected chi connectivity index (χ0v) is 12.0. The number of esters is 1. The van der Waals surface area contributed by atoms with Crippen LogP contribution in [-0.2, 0) is 20.9 Å². The molecule has 1 atom stereocenters. The molecule has 0 fully saturated rings. The summed E-state index contributed by atoms with van der Waals surface area (Å²) in [4.78, 5) is 23.1. The Morgan fingerprint density at radius 2 is 1.85 bits per heavy atom. The van der Waals surface area contributed by atoms with Crippen LogP contribution < -0.4 is 5.32 Å². The molecule has 109 valence electrons. The fraction of sp³-hybridized carbons (Fsp3) is 0.400. The lowest BCUT2D eigenvalue weighted by molar-refractivity contribution is -0.146. The van der Waals surface area contributed by atoms with Crippen molar-refractivity contribution >= 4 is 12.1 Å². The van der Waals surface area contributed by atoms with Gasteiger partial charge in [0.2, 0.25) is 0 Å². The molecule has 1 N–H and O–H groups in total. The molecule has 5 heteroatoms. The number of carbonyl (C=O) groups excluding carboxylic acids is 2. The molecule has 0 aliphatic heterocycles. The molecule has 1 aromatic carbocycles. The molecule has 0 saturated heterocycles. The van der Waals surface area contributed by atoms with Crippen LogP contribution in [0.2, 0.25) is 0 Å². The van der Waals surface area contributed by atoms with Crippen molar-refractivity contribution in [2.45, 2.75) is 39.0 Å². The van der Waals surface area contributed by atoms with Gasteiger partial charge in [0.05, 0.1) is 0 Å². The largest absolute Gasteiger partial charge is 0.459 e. The normalized spacial score (nSPS) is 12.4. The van der Waals surface area contributed by atoms with Crippen molar-refractivity contribution < 1.29 is 19.1 Å². The minimum atomic E-state index is -1.01. The highest BCUT2D eigenvalue weighted by atomic mass is 16.6. The Morgan fingerprint density at radius 3 is 2.40 bits per heavy atom. The molecule has 1 aromatic rings. The van der Waals surface area contributed by atoms with E-state index in [1.165, 1.54) is 0 Å². The number of hydrogen-bond acceptors (Lipinski definition) is 4. The van der Waals surface area contributed by atoms with E-state index in [4.69, 9.17) is 9.47 Å². The first-order valence-corrected chi connectivity index (χ1v) is 6.31. The van der Waals surface area contributed by atoms with Crippen molar-refractivity contribution in [1.82, 2.24) is 5.32 Å². The van der Waals surface area contributed by atoms with Crippen molar-refractivity contribution in [1.29, 1.82) is 0 Å². The van der Waals surface area contributed by atoms with Gasteiger partial charge in [0.25, 0.3) is 0 Å². The minimum absolute atomic E-state index is 0.141. The van der Waals surface area contributed by atoms with Gasteiger partial charge in [0.15, 0.2) is 0 Å². The zero-order chi connectivity index (χ0) is 15.2. The van der Waals surface area contributed by atoms with Crippen LogP contribution in [0.1, 0.15) is 26.3 Å². The monoisotopic (exact) mass is 278 g/mol. The van der Waals surface area contributed by atoms with E-state index in [-0.39, 0.29) is 6.61 Å². The van der Waals surface area contributed by atoms with Crippen molar-refractivity contribution in [3.05, 3.63) is 42.8 Å². The second-order valence-corrected chi connectivity index (χ2v) is 5.29. The predicted molar refractivity (Wildman–Crippen MR) is 74.8 cm³/mol. The lowest BCUT2D eigenvalue weighted by atomic mass is 10.2. The number of nitrogens with one attached hydrogen (secondary N) is 1. The van der Waals surface area contributed by atoms with Crippen LogP contribution in [0.3, 0.4) is 0 Å². The quantitative estimate of drug-likeness (QED) is 0.859. The molecule has 1 amide bonds. The Labute approximate surface area is 119 Å².